The molecule has 0 fully saturated rings. The minimum Gasteiger partial charge on any atom is -0.123 e. The molecule has 0 aromatic heterocycles. The molecule has 0 rings (SSSR count). The van der Waals surface area contributed by atoms with Crippen LogP contribution < -0.4 is 0 Å². The van der Waals surface area contributed by atoms with Gasteiger partial charge in [-0.05, 0) is 19.3 Å². The molecule has 0 amide bonds. The van der Waals surface area contributed by atoms with Gasteiger partial charge in [0.15, 0.2) is 0 Å². The summed E-state index contributed by atoms with van der Waals surface area (Å²) >= 11 is 6.03. The minimum absolute atomic E-state index is 0.347. The number of rotatable bonds is 7. The van der Waals surface area contributed by atoms with Crippen molar-refractivity contribution >= 4 is 11.6 Å². The summed E-state index contributed by atoms with van der Waals surface area (Å²) in [5.74, 6) is 0. The normalized spacial score (nSPS) is 12.9. The topological polar surface area (TPSA) is 0 Å². The van der Waals surface area contributed by atoms with Crippen molar-refractivity contribution in [1.29, 1.82) is 0 Å². The molecule has 0 spiro atoms. The summed E-state index contributed by atoms with van der Waals surface area (Å²) < 4.78 is 0. The van der Waals surface area contributed by atoms with Gasteiger partial charge in [-0.15, -0.1) is 18.2 Å². The predicted molar refractivity (Wildman–Crippen MR) is 52.9 cm³/mol. The maximum absolute atomic E-state index is 6.03. The Labute approximate surface area is 75.6 Å². The summed E-state index contributed by atoms with van der Waals surface area (Å²) in [6, 6.07) is 0. The van der Waals surface area contributed by atoms with Gasteiger partial charge in [0, 0.05) is 5.38 Å². The Hall–Kier alpha value is 0.0300. The molecule has 0 bridgehead atoms. The number of hydrogen-bond acceptors (Lipinski definition) is 0. The van der Waals surface area contributed by atoms with E-state index in [-0.39, 0.29) is 0 Å². The first kappa shape index (κ1) is 11.0. The van der Waals surface area contributed by atoms with Gasteiger partial charge in [0.2, 0.25) is 0 Å². The van der Waals surface area contributed by atoms with Crippen molar-refractivity contribution in [3.63, 3.8) is 0 Å². The van der Waals surface area contributed by atoms with Crippen LogP contribution in [0.4, 0.5) is 0 Å². The second kappa shape index (κ2) is 8.13. The van der Waals surface area contributed by atoms with Crippen LogP contribution in [-0.2, 0) is 0 Å². The van der Waals surface area contributed by atoms with Gasteiger partial charge in [-0.2, -0.15) is 0 Å². The molecule has 1 atom stereocenters. The van der Waals surface area contributed by atoms with E-state index >= 15 is 0 Å². The summed E-state index contributed by atoms with van der Waals surface area (Å²) in [4.78, 5) is 0. The van der Waals surface area contributed by atoms with Gasteiger partial charge in [0.25, 0.3) is 0 Å². The van der Waals surface area contributed by atoms with Gasteiger partial charge < -0.3 is 0 Å². The monoisotopic (exact) mass is 173 g/mol. The quantitative estimate of drug-likeness (QED) is 0.311. The molecule has 0 saturated carbocycles. The van der Waals surface area contributed by atoms with Gasteiger partial charge in [0.05, 0.1) is 0 Å². The summed E-state index contributed by atoms with van der Waals surface area (Å²) in [5, 5.41) is 0.347. The Morgan fingerprint density at radius 3 is 2.55 bits per heavy atom. The van der Waals surface area contributed by atoms with Crippen molar-refractivity contribution in [3.8, 4) is 0 Å². The summed E-state index contributed by atoms with van der Waals surface area (Å²) in [5.41, 5.74) is 0. The SMILES string of the molecule is [CH2]CCCCC(Cl)CCC=C. The largest absolute Gasteiger partial charge is 0.123 e. The fraction of sp³-hybridized carbons (Fsp3) is 0.700. The van der Waals surface area contributed by atoms with Crippen LogP contribution in [-0.4, -0.2) is 5.38 Å². The fourth-order valence-electron chi connectivity index (χ4n) is 0.986. The number of alkyl halides is 1. The Kier molecular flexibility index (Phi) is 8.15. The van der Waals surface area contributed by atoms with Crippen LogP contribution in [0.5, 0.6) is 0 Å². The highest BCUT2D eigenvalue weighted by atomic mass is 35.5. The van der Waals surface area contributed by atoms with Gasteiger partial charge >= 0.3 is 0 Å². The molecule has 1 radical (unpaired) electrons. The molecule has 1 heteroatoms. The van der Waals surface area contributed by atoms with Crippen molar-refractivity contribution in [3.05, 3.63) is 19.6 Å². The smallest absolute Gasteiger partial charge is 0.0339 e. The molecule has 0 N–H and O–H groups in total. The van der Waals surface area contributed by atoms with Gasteiger partial charge in [-0.1, -0.05) is 32.3 Å². The zero-order chi connectivity index (χ0) is 8.53. The maximum Gasteiger partial charge on any atom is 0.0339 e. The third kappa shape index (κ3) is 7.93. The van der Waals surface area contributed by atoms with E-state index < -0.39 is 0 Å². The van der Waals surface area contributed by atoms with Crippen LogP contribution in [0.3, 0.4) is 0 Å². The molecule has 11 heavy (non-hydrogen) atoms. The van der Waals surface area contributed by atoms with E-state index in [1.54, 1.807) is 0 Å². The first-order valence-corrected chi connectivity index (χ1v) is 4.79. The van der Waals surface area contributed by atoms with E-state index in [1.165, 1.54) is 12.8 Å². The molecule has 0 aromatic rings. The predicted octanol–water partition coefficient (Wildman–Crippen LogP) is 3.95. The van der Waals surface area contributed by atoms with E-state index in [4.69, 9.17) is 11.6 Å². The average Bonchev–Trinajstić information content (AvgIpc) is 2.01. The van der Waals surface area contributed by atoms with Crippen molar-refractivity contribution in [2.24, 2.45) is 0 Å². The maximum atomic E-state index is 6.03. The van der Waals surface area contributed by atoms with E-state index in [1.807, 2.05) is 6.08 Å². The first-order chi connectivity index (χ1) is 5.31. The van der Waals surface area contributed by atoms with E-state index in [9.17, 15) is 0 Å². The Bertz CT molecular complexity index is 88.9. The molecule has 0 heterocycles. The molecule has 0 nitrogen and oxygen atoms in total. The van der Waals surface area contributed by atoms with Crippen molar-refractivity contribution in [2.45, 2.75) is 43.9 Å². The molecule has 0 aromatic carbocycles. The van der Waals surface area contributed by atoms with Gasteiger partial charge in [-0.3, -0.25) is 0 Å². The van der Waals surface area contributed by atoms with Crippen LogP contribution in [0.2, 0.25) is 0 Å². The molecule has 1 unspecified atom stereocenters. The van der Waals surface area contributed by atoms with Gasteiger partial charge in [0.1, 0.15) is 0 Å². The number of unbranched alkanes of at least 4 members (excludes halogenated alkanes) is 2. The molecule has 0 aliphatic carbocycles. The van der Waals surface area contributed by atoms with E-state index in [0.29, 0.717) is 5.38 Å². The minimum atomic E-state index is 0.347. The molecule has 65 valence electrons. The van der Waals surface area contributed by atoms with Crippen LogP contribution in [0.25, 0.3) is 0 Å². The first-order valence-electron chi connectivity index (χ1n) is 4.35. The molecule has 0 saturated heterocycles. The lowest BCUT2D eigenvalue weighted by atomic mass is 10.1. The number of hydrogen-bond donors (Lipinski definition) is 0. The highest BCUT2D eigenvalue weighted by Crippen LogP contribution is 2.14. The summed E-state index contributed by atoms with van der Waals surface area (Å²) in [7, 11) is 0. The fourth-order valence-corrected chi connectivity index (χ4v) is 1.27. The Balaban J connectivity index is 3.08. The van der Waals surface area contributed by atoms with Crippen molar-refractivity contribution in [2.75, 3.05) is 0 Å². The molecular formula is C10H18Cl. The van der Waals surface area contributed by atoms with Gasteiger partial charge in [-0.25, -0.2) is 0 Å². The molecule has 0 aliphatic heterocycles. The summed E-state index contributed by atoms with van der Waals surface area (Å²) in [6.45, 7) is 7.45. The zero-order valence-corrected chi connectivity index (χ0v) is 7.95. The highest BCUT2D eigenvalue weighted by Gasteiger charge is 2.01. The zero-order valence-electron chi connectivity index (χ0n) is 7.19. The van der Waals surface area contributed by atoms with E-state index in [2.05, 4.69) is 13.5 Å². The molecular weight excluding hydrogens is 156 g/mol. The van der Waals surface area contributed by atoms with Crippen LogP contribution >= 0.6 is 11.6 Å². The Morgan fingerprint density at radius 2 is 2.00 bits per heavy atom. The van der Waals surface area contributed by atoms with Crippen LogP contribution in [0.1, 0.15) is 38.5 Å². The van der Waals surface area contributed by atoms with E-state index in [0.717, 1.165) is 25.7 Å². The Morgan fingerprint density at radius 1 is 1.27 bits per heavy atom. The van der Waals surface area contributed by atoms with Crippen molar-refractivity contribution in [1.82, 2.24) is 0 Å². The van der Waals surface area contributed by atoms with Crippen LogP contribution in [0, 0.1) is 6.92 Å². The lowest BCUT2D eigenvalue weighted by Gasteiger charge is -2.05. The highest BCUT2D eigenvalue weighted by molar-refractivity contribution is 6.20. The lowest BCUT2D eigenvalue weighted by molar-refractivity contribution is 0.628. The lowest BCUT2D eigenvalue weighted by Crippen LogP contribution is -1.96. The third-order valence-corrected chi connectivity index (χ3v) is 2.14. The van der Waals surface area contributed by atoms with Crippen molar-refractivity contribution < 1.29 is 0 Å². The molecule has 0 aliphatic rings. The second-order valence-corrected chi connectivity index (χ2v) is 3.43. The number of halogens is 1. The second-order valence-electron chi connectivity index (χ2n) is 2.81. The third-order valence-electron chi connectivity index (χ3n) is 1.70. The standard InChI is InChI=1S/C10H18Cl/c1-3-5-7-9-10(11)8-6-4-2/h4,10H,1-3,5-9H2. The summed E-state index contributed by atoms with van der Waals surface area (Å²) in [6.07, 6.45) is 8.62. The number of allylic oxidation sites excluding steroid dienone is 1. The average molecular weight is 174 g/mol. The van der Waals surface area contributed by atoms with Crippen LogP contribution in [0.15, 0.2) is 12.7 Å².